The second kappa shape index (κ2) is 10.9. The SMILES string of the molecule is CC(=O)N1C2CCC(C3CCC4NCCCC4C3)CC2N(C(=O)COC2CCCCC2)C[C@@H]1C. The summed E-state index contributed by atoms with van der Waals surface area (Å²) in [5.41, 5.74) is 0. The van der Waals surface area contributed by atoms with E-state index in [2.05, 4.69) is 22.0 Å². The van der Waals surface area contributed by atoms with Gasteiger partial charge in [0.25, 0.3) is 0 Å². The van der Waals surface area contributed by atoms with Gasteiger partial charge in [-0.2, -0.15) is 0 Å². The first kappa shape index (κ1) is 24.5. The van der Waals surface area contributed by atoms with Crippen molar-refractivity contribution in [2.75, 3.05) is 19.7 Å². The third-order valence-electron chi connectivity index (χ3n) is 10.0. The monoisotopic (exact) mass is 473 g/mol. The first-order valence-corrected chi connectivity index (χ1v) is 14.4. The van der Waals surface area contributed by atoms with Crippen molar-refractivity contribution in [1.29, 1.82) is 0 Å². The maximum atomic E-state index is 13.5. The molecule has 2 aliphatic heterocycles. The number of fused-ring (bicyclic) bond motifs is 2. The van der Waals surface area contributed by atoms with Gasteiger partial charge in [-0.3, -0.25) is 9.59 Å². The lowest BCUT2D eigenvalue weighted by Crippen LogP contribution is -2.67. The molecule has 5 aliphatic rings. The lowest BCUT2D eigenvalue weighted by molar-refractivity contribution is -0.159. The van der Waals surface area contributed by atoms with Gasteiger partial charge >= 0.3 is 0 Å². The first-order valence-electron chi connectivity index (χ1n) is 14.4. The molecule has 2 heterocycles. The van der Waals surface area contributed by atoms with E-state index < -0.39 is 0 Å². The molecule has 0 aromatic carbocycles. The highest BCUT2D eigenvalue weighted by molar-refractivity contribution is 5.79. The molecule has 0 aromatic rings. The van der Waals surface area contributed by atoms with Crippen molar-refractivity contribution in [1.82, 2.24) is 15.1 Å². The highest BCUT2D eigenvalue weighted by Crippen LogP contribution is 2.45. The number of hydrogen-bond acceptors (Lipinski definition) is 4. The van der Waals surface area contributed by atoms with Gasteiger partial charge in [-0.15, -0.1) is 0 Å². The topological polar surface area (TPSA) is 61.9 Å². The molecule has 2 amide bonds. The minimum atomic E-state index is 0.0812. The standard InChI is InChI=1S/C28H47N3O3/c1-19-17-30(28(33)18-34-24-8-4-3-5-9-24)27-16-22(11-13-26(27)31(19)20(2)32)21-10-12-25-23(15-21)7-6-14-29-25/h19,21-27,29H,3-18H2,1-2H3/t19-,21?,22?,23?,25?,26?,27?/m0/s1. The normalized spacial score (nSPS) is 39.3. The molecule has 0 spiro atoms. The third-order valence-corrected chi connectivity index (χ3v) is 10.0. The van der Waals surface area contributed by atoms with E-state index in [0.29, 0.717) is 12.5 Å². The van der Waals surface area contributed by atoms with Crippen molar-refractivity contribution >= 4 is 11.8 Å². The van der Waals surface area contributed by atoms with E-state index >= 15 is 0 Å². The zero-order valence-electron chi connectivity index (χ0n) is 21.6. The summed E-state index contributed by atoms with van der Waals surface area (Å²) in [5, 5.41) is 3.76. The lowest BCUT2D eigenvalue weighted by Gasteiger charge is -2.55. The van der Waals surface area contributed by atoms with Gasteiger partial charge in [0.15, 0.2) is 0 Å². The number of carbonyl (C=O) groups excluding carboxylic acids is 2. The van der Waals surface area contributed by atoms with Crippen molar-refractivity contribution in [3.8, 4) is 0 Å². The predicted octanol–water partition coefficient (Wildman–Crippen LogP) is 4.12. The van der Waals surface area contributed by atoms with Gasteiger partial charge in [0.1, 0.15) is 6.61 Å². The van der Waals surface area contributed by atoms with Crippen LogP contribution in [0.1, 0.15) is 97.3 Å². The van der Waals surface area contributed by atoms with Crippen molar-refractivity contribution in [2.24, 2.45) is 17.8 Å². The molecule has 1 N–H and O–H groups in total. The molecule has 6 heteroatoms. The summed E-state index contributed by atoms with van der Waals surface area (Å²) in [4.78, 5) is 30.3. The zero-order chi connectivity index (χ0) is 23.7. The van der Waals surface area contributed by atoms with Gasteiger partial charge in [-0.1, -0.05) is 19.3 Å². The average molecular weight is 474 g/mol. The Morgan fingerprint density at radius 1 is 0.853 bits per heavy atom. The number of carbonyl (C=O) groups is 2. The molecule has 0 radical (unpaired) electrons. The molecule has 7 atom stereocenters. The summed E-state index contributed by atoms with van der Waals surface area (Å²) in [6, 6.07) is 1.14. The zero-order valence-corrected chi connectivity index (χ0v) is 21.6. The average Bonchev–Trinajstić information content (AvgIpc) is 2.86. The first-order chi connectivity index (χ1) is 16.5. The summed E-state index contributed by atoms with van der Waals surface area (Å²) in [5.74, 6) is 2.62. The number of amides is 2. The molecule has 192 valence electrons. The van der Waals surface area contributed by atoms with Crippen molar-refractivity contribution in [2.45, 2.75) is 128 Å². The van der Waals surface area contributed by atoms with Crippen LogP contribution in [0.4, 0.5) is 0 Å². The van der Waals surface area contributed by atoms with Crippen molar-refractivity contribution in [3.63, 3.8) is 0 Å². The molecule has 0 aromatic heterocycles. The van der Waals surface area contributed by atoms with E-state index in [1.165, 1.54) is 64.3 Å². The number of piperidine rings is 1. The number of rotatable bonds is 4. The van der Waals surface area contributed by atoms with Gasteiger partial charge in [0.2, 0.25) is 11.8 Å². The fourth-order valence-electron chi connectivity index (χ4n) is 8.39. The molecule has 5 fully saturated rings. The Labute approximate surface area is 206 Å². The Bertz CT molecular complexity index is 724. The van der Waals surface area contributed by atoms with Crippen LogP contribution in [0.25, 0.3) is 0 Å². The third kappa shape index (κ3) is 5.18. The van der Waals surface area contributed by atoms with E-state index in [-0.39, 0.29) is 42.7 Å². The maximum Gasteiger partial charge on any atom is 0.248 e. The molecule has 6 nitrogen and oxygen atoms in total. The summed E-state index contributed by atoms with van der Waals surface area (Å²) in [7, 11) is 0. The van der Waals surface area contributed by atoms with E-state index in [1.807, 2.05) is 0 Å². The lowest BCUT2D eigenvalue weighted by atomic mass is 9.65. The van der Waals surface area contributed by atoms with Crippen LogP contribution in [0.15, 0.2) is 0 Å². The maximum absolute atomic E-state index is 13.5. The van der Waals surface area contributed by atoms with Crippen LogP contribution in [0.2, 0.25) is 0 Å². The molecule has 0 bridgehead atoms. The smallest absolute Gasteiger partial charge is 0.248 e. The van der Waals surface area contributed by atoms with Gasteiger partial charge in [0, 0.05) is 25.6 Å². The Balaban J connectivity index is 1.26. The van der Waals surface area contributed by atoms with Crippen LogP contribution in [0, 0.1) is 17.8 Å². The number of ether oxygens (including phenoxy) is 1. The van der Waals surface area contributed by atoms with Crippen molar-refractivity contribution in [3.05, 3.63) is 0 Å². The number of hydrogen-bond donors (Lipinski definition) is 1. The minimum absolute atomic E-state index is 0.0812. The molecule has 3 aliphatic carbocycles. The second-order valence-electron chi connectivity index (χ2n) is 12.1. The van der Waals surface area contributed by atoms with Crippen LogP contribution >= 0.6 is 0 Å². The van der Waals surface area contributed by atoms with Crippen LogP contribution < -0.4 is 5.32 Å². The molecule has 5 rings (SSSR count). The van der Waals surface area contributed by atoms with E-state index in [1.54, 1.807) is 6.92 Å². The number of nitrogens with one attached hydrogen (secondary N) is 1. The van der Waals surface area contributed by atoms with E-state index in [9.17, 15) is 9.59 Å². The fourth-order valence-corrected chi connectivity index (χ4v) is 8.39. The van der Waals surface area contributed by atoms with E-state index in [0.717, 1.165) is 43.6 Å². The summed E-state index contributed by atoms with van der Waals surface area (Å²) in [6.45, 7) is 5.88. The minimum Gasteiger partial charge on any atom is -0.368 e. The highest BCUT2D eigenvalue weighted by Gasteiger charge is 2.48. The Kier molecular flexibility index (Phi) is 7.84. The highest BCUT2D eigenvalue weighted by atomic mass is 16.5. The molecular weight excluding hydrogens is 426 g/mol. The Morgan fingerprint density at radius 2 is 1.62 bits per heavy atom. The Morgan fingerprint density at radius 3 is 2.41 bits per heavy atom. The van der Waals surface area contributed by atoms with Crippen LogP contribution in [0.3, 0.4) is 0 Å². The quantitative estimate of drug-likeness (QED) is 0.667. The van der Waals surface area contributed by atoms with Gasteiger partial charge in [-0.05, 0) is 95.4 Å². The predicted molar refractivity (Wildman–Crippen MR) is 133 cm³/mol. The molecular formula is C28H47N3O3. The van der Waals surface area contributed by atoms with Crippen LogP contribution in [0.5, 0.6) is 0 Å². The number of nitrogens with zero attached hydrogens (tertiary/aromatic N) is 2. The van der Waals surface area contributed by atoms with E-state index in [4.69, 9.17) is 4.74 Å². The van der Waals surface area contributed by atoms with Crippen molar-refractivity contribution < 1.29 is 14.3 Å². The fraction of sp³-hybridized carbons (Fsp3) is 0.929. The van der Waals surface area contributed by atoms with Gasteiger partial charge in [0.05, 0.1) is 18.2 Å². The molecule has 6 unspecified atom stereocenters. The van der Waals surface area contributed by atoms with Crippen LogP contribution in [-0.4, -0.2) is 71.6 Å². The van der Waals surface area contributed by atoms with Gasteiger partial charge < -0.3 is 19.9 Å². The summed E-state index contributed by atoms with van der Waals surface area (Å²) >= 11 is 0. The molecule has 34 heavy (non-hydrogen) atoms. The Hall–Kier alpha value is -1.14. The molecule has 2 saturated heterocycles. The van der Waals surface area contributed by atoms with Gasteiger partial charge in [-0.25, -0.2) is 0 Å². The summed E-state index contributed by atoms with van der Waals surface area (Å²) in [6.07, 6.45) is 16.2. The summed E-state index contributed by atoms with van der Waals surface area (Å²) < 4.78 is 6.11. The van der Waals surface area contributed by atoms with Crippen LogP contribution in [-0.2, 0) is 14.3 Å². The number of piperazine rings is 1. The largest absolute Gasteiger partial charge is 0.368 e. The molecule has 3 saturated carbocycles. The second-order valence-corrected chi connectivity index (χ2v) is 12.1.